The smallest absolute Gasteiger partial charge is 0.0491 e. The van der Waals surface area contributed by atoms with Gasteiger partial charge in [0.2, 0.25) is 0 Å². The number of aryl methyl sites for hydroxylation is 3. The van der Waals surface area contributed by atoms with E-state index in [1.54, 1.807) is 0 Å². The maximum absolute atomic E-state index is 2.28. The number of benzene rings is 2. The number of hydrogen-bond acceptors (Lipinski definition) is 0. The van der Waals surface area contributed by atoms with Crippen LogP contribution in [0.25, 0.3) is 21.8 Å². The normalized spacial score (nSPS) is 8.62. The highest BCUT2D eigenvalue weighted by Crippen LogP contribution is 2.29. The molecule has 0 saturated carbocycles. The molecule has 1 heteroatoms. The minimum atomic E-state index is 1.31. The molecule has 0 unspecified atom stereocenters. The second-order valence-corrected chi connectivity index (χ2v) is 4.60. The van der Waals surface area contributed by atoms with Gasteiger partial charge in [-0.2, -0.15) is 0 Å². The van der Waals surface area contributed by atoms with Crippen molar-refractivity contribution in [2.24, 2.45) is 7.05 Å². The van der Waals surface area contributed by atoms with E-state index in [-0.39, 0.29) is 0 Å². The molecule has 0 N–H and O–H groups in total. The molecule has 1 nitrogen and oxygen atoms in total. The van der Waals surface area contributed by atoms with Crippen LogP contribution in [0.15, 0.2) is 36.4 Å². The highest BCUT2D eigenvalue weighted by Gasteiger charge is 2.07. The lowest BCUT2D eigenvalue weighted by molar-refractivity contribution is 1.01. The van der Waals surface area contributed by atoms with Gasteiger partial charge in [-0.1, -0.05) is 79.7 Å². The molecule has 0 atom stereocenters. The number of nitrogens with zero attached hydrogens (tertiary/aromatic N) is 1. The number of hydrogen-bond donors (Lipinski definition) is 0. The van der Waals surface area contributed by atoms with Gasteiger partial charge < -0.3 is 4.57 Å². The molecule has 0 amide bonds. The molecule has 0 fully saturated rings. The van der Waals surface area contributed by atoms with Crippen LogP contribution in [0.1, 0.15) is 66.5 Å². The first kappa shape index (κ1) is 24.5. The Balaban J connectivity index is 0. The maximum Gasteiger partial charge on any atom is 0.0491 e. The van der Waals surface area contributed by atoms with E-state index in [9.17, 15) is 0 Å². The predicted molar refractivity (Wildman–Crippen MR) is 115 cm³/mol. The molecule has 3 aromatic rings. The molecule has 0 bridgehead atoms. The zero-order chi connectivity index (χ0) is 19.3. The molecule has 0 saturated heterocycles. The van der Waals surface area contributed by atoms with Gasteiger partial charge in [0.25, 0.3) is 0 Å². The van der Waals surface area contributed by atoms with E-state index in [0.29, 0.717) is 0 Å². The summed E-state index contributed by atoms with van der Waals surface area (Å²) in [7, 11) is 2.14. The second kappa shape index (κ2) is 13.7. The largest absolute Gasteiger partial charge is 0.344 e. The summed E-state index contributed by atoms with van der Waals surface area (Å²) in [4.78, 5) is 0. The first-order chi connectivity index (χ1) is 11.7. The molecule has 0 spiro atoms. The fourth-order valence-corrected chi connectivity index (χ4v) is 2.42. The van der Waals surface area contributed by atoms with E-state index in [2.05, 4.69) is 61.9 Å². The van der Waals surface area contributed by atoms with Gasteiger partial charge in [-0.15, -0.1) is 0 Å². The SMILES string of the molecule is CC.CC.CC.CC.Cc1ccc2c3ccc(C)cc3n(C)c2c1. The van der Waals surface area contributed by atoms with Crippen molar-refractivity contribution in [3.8, 4) is 0 Å². The Bertz CT molecular complexity index is 631. The molecule has 0 aliphatic carbocycles. The number of fused-ring (bicyclic) bond motifs is 3. The summed E-state index contributed by atoms with van der Waals surface area (Å²) in [5.74, 6) is 0. The summed E-state index contributed by atoms with van der Waals surface area (Å²) in [5, 5.41) is 2.70. The van der Waals surface area contributed by atoms with Crippen molar-refractivity contribution >= 4 is 21.8 Å². The van der Waals surface area contributed by atoms with Crippen molar-refractivity contribution in [2.45, 2.75) is 69.2 Å². The van der Waals surface area contributed by atoms with Gasteiger partial charge in [0.1, 0.15) is 0 Å². The van der Waals surface area contributed by atoms with Gasteiger partial charge in [0.05, 0.1) is 0 Å². The van der Waals surface area contributed by atoms with E-state index in [1.165, 1.54) is 32.9 Å². The van der Waals surface area contributed by atoms with Crippen molar-refractivity contribution < 1.29 is 0 Å². The molecular formula is C23H39N. The lowest BCUT2D eigenvalue weighted by Gasteiger charge is -1.99. The van der Waals surface area contributed by atoms with Crippen molar-refractivity contribution in [3.05, 3.63) is 47.5 Å². The number of rotatable bonds is 0. The molecule has 0 aliphatic heterocycles. The third kappa shape index (κ3) is 5.70. The maximum atomic E-state index is 2.28. The summed E-state index contributed by atoms with van der Waals surface area (Å²) in [6.07, 6.45) is 0. The Labute approximate surface area is 150 Å². The molecule has 24 heavy (non-hydrogen) atoms. The van der Waals surface area contributed by atoms with Crippen LogP contribution in [0, 0.1) is 13.8 Å². The van der Waals surface area contributed by atoms with Gasteiger partial charge in [-0.25, -0.2) is 0 Å². The van der Waals surface area contributed by atoms with Gasteiger partial charge >= 0.3 is 0 Å². The summed E-state index contributed by atoms with van der Waals surface area (Å²) in [6, 6.07) is 13.3. The Kier molecular flexibility index (Phi) is 13.9. The molecule has 2 aromatic carbocycles. The zero-order valence-corrected chi connectivity index (χ0v) is 17.9. The lowest BCUT2D eigenvalue weighted by atomic mass is 10.1. The average molecular weight is 330 g/mol. The molecule has 136 valence electrons. The van der Waals surface area contributed by atoms with Crippen LogP contribution in [-0.2, 0) is 7.05 Å². The van der Waals surface area contributed by atoms with Crippen LogP contribution in [0.4, 0.5) is 0 Å². The molecule has 3 rings (SSSR count). The van der Waals surface area contributed by atoms with Crippen molar-refractivity contribution in [2.75, 3.05) is 0 Å². The van der Waals surface area contributed by atoms with Gasteiger partial charge in [0, 0.05) is 28.9 Å². The third-order valence-electron chi connectivity index (χ3n) is 3.32. The van der Waals surface area contributed by atoms with Crippen LogP contribution >= 0.6 is 0 Å². The second-order valence-electron chi connectivity index (χ2n) is 4.60. The first-order valence-corrected chi connectivity index (χ1v) is 9.62. The number of aromatic nitrogens is 1. The van der Waals surface area contributed by atoms with E-state index in [0.717, 1.165) is 0 Å². The van der Waals surface area contributed by atoms with Gasteiger partial charge in [-0.3, -0.25) is 0 Å². The fraction of sp³-hybridized carbons (Fsp3) is 0.478. The minimum absolute atomic E-state index is 1.31. The van der Waals surface area contributed by atoms with Crippen molar-refractivity contribution in [3.63, 3.8) is 0 Å². The minimum Gasteiger partial charge on any atom is -0.344 e. The van der Waals surface area contributed by atoms with Gasteiger partial charge in [0.15, 0.2) is 0 Å². The molecule has 1 aromatic heterocycles. The van der Waals surface area contributed by atoms with Crippen LogP contribution in [0.3, 0.4) is 0 Å². The summed E-state index contributed by atoms with van der Waals surface area (Å²) >= 11 is 0. The average Bonchev–Trinajstić information content (AvgIpc) is 2.93. The van der Waals surface area contributed by atoms with E-state index < -0.39 is 0 Å². The third-order valence-corrected chi connectivity index (χ3v) is 3.32. The monoisotopic (exact) mass is 329 g/mol. The van der Waals surface area contributed by atoms with E-state index in [1.807, 2.05) is 55.4 Å². The lowest BCUT2D eigenvalue weighted by Crippen LogP contribution is -1.87. The predicted octanol–water partition coefficient (Wildman–Crippen LogP) is 8.05. The van der Waals surface area contributed by atoms with Crippen LogP contribution in [0.2, 0.25) is 0 Å². The van der Waals surface area contributed by atoms with Gasteiger partial charge in [-0.05, 0) is 37.1 Å². The van der Waals surface area contributed by atoms with Crippen molar-refractivity contribution in [1.29, 1.82) is 0 Å². The van der Waals surface area contributed by atoms with Crippen LogP contribution in [0.5, 0.6) is 0 Å². The highest BCUT2D eigenvalue weighted by atomic mass is 14.9. The molecule has 0 radical (unpaired) electrons. The summed E-state index contributed by atoms with van der Waals surface area (Å²) < 4.78 is 2.28. The summed E-state index contributed by atoms with van der Waals surface area (Å²) in [5.41, 5.74) is 5.27. The molecule has 1 heterocycles. The topological polar surface area (TPSA) is 4.93 Å². The fourth-order valence-electron chi connectivity index (χ4n) is 2.42. The zero-order valence-electron chi connectivity index (χ0n) is 17.9. The van der Waals surface area contributed by atoms with Crippen LogP contribution < -0.4 is 0 Å². The highest BCUT2D eigenvalue weighted by molar-refractivity contribution is 6.08. The molecular weight excluding hydrogens is 290 g/mol. The first-order valence-electron chi connectivity index (χ1n) is 9.62. The van der Waals surface area contributed by atoms with Crippen LogP contribution in [-0.4, -0.2) is 4.57 Å². The Hall–Kier alpha value is -1.76. The Morgan fingerprint density at radius 3 is 1.12 bits per heavy atom. The Morgan fingerprint density at radius 2 is 0.833 bits per heavy atom. The van der Waals surface area contributed by atoms with Crippen molar-refractivity contribution in [1.82, 2.24) is 4.57 Å². The summed E-state index contributed by atoms with van der Waals surface area (Å²) in [6.45, 7) is 20.3. The van der Waals surface area contributed by atoms with E-state index >= 15 is 0 Å². The Morgan fingerprint density at radius 1 is 0.542 bits per heavy atom. The quantitative estimate of drug-likeness (QED) is 0.393. The standard InChI is InChI=1S/C15H15N.4C2H6/c1-10-4-6-12-13-7-5-11(2)9-15(13)16(3)14(12)8-10;4*1-2/h4-9H,1-3H3;4*1-2H3. The molecule has 0 aliphatic rings. The van der Waals surface area contributed by atoms with E-state index in [4.69, 9.17) is 0 Å².